The number of guanidine groups is 1. The Morgan fingerprint density at radius 2 is 2.08 bits per heavy atom. The van der Waals surface area contributed by atoms with Gasteiger partial charge in [0.25, 0.3) is 0 Å². The summed E-state index contributed by atoms with van der Waals surface area (Å²) in [4.78, 5) is 10.1. The Morgan fingerprint density at radius 3 is 2.88 bits per heavy atom. The highest BCUT2D eigenvalue weighted by Gasteiger charge is 2.14. The third-order valence-corrected chi connectivity index (χ3v) is 4.88. The van der Waals surface area contributed by atoms with Crippen molar-refractivity contribution in [2.45, 2.75) is 13.3 Å². The summed E-state index contributed by atoms with van der Waals surface area (Å²) in [6.07, 6.45) is 3.07. The Balaban J connectivity index is 1.39. The van der Waals surface area contributed by atoms with Crippen LogP contribution in [0.3, 0.4) is 0 Å². The third-order valence-electron chi connectivity index (χ3n) is 4.88. The van der Waals surface area contributed by atoms with Gasteiger partial charge in [-0.15, -0.1) is 0 Å². The minimum Gasteiger partial charge on any atom is -0.379 e. The molecule has 0 bridgehead atoms. The molecule has 6 heteroatoms. The van der Waals surface area contributed by atoms with E-state index < -0.39 is 0 Å². The van der Waals surface area contributed by atoms with Crippen LogP contribution in [-0.2, 0) is 11.2 Å². The number of H-pyrrole nitrogens is 1. The normalized spacial score (nSPS) is 17.4. The summed E-state index contributed by atoms with van der Waals surface area (Å²) in [6, 6.07) is 8.43. The van der Waals surface area contributed by atoms with Gasteiger partial charge in [0.15, 0.2) is 5.96 Å². The maximum Gasteiger partial charge on any atom is 0.190 e. The monoisotopic (exact) mass is 357 g/mol. The Bertz CT molecular complexity index is 705. The van der Waals surface area contributed by atoms with E-state index in [1.807, 2.05) is 7.05 Å². The maximum atomic E-state index is 5.41. The van der Waals surface area contributed by atoms with Gasteiger partial charge in [-0.05, 0) is 24.0 Å². The van der Waals surface area contributed by atoms with Crippen LogP contribution < -0.4 is 10.6 Å². The molecule has 26 heavy (non-hydrogen) atoms. The number of hydrogen-bond acceptors (Lipinski definition) is 3. The largest absolute Gasteiger partial charge is 0.379 e. The highest BCUT2D eigenvalue weighted by Crippen LogP contribution is 2.17. The second kappa shape index (κ2) is 9.59. The van der Waals surface area contributed by atoms with E-state index in [1.54, 1.807) is 0 Å². The quantitative estimate of drug-likeness (QED) is 0.523. The van der Waals surface area contributed by atoms with Crippen LogP contribution in [0.15, 0.2) is 35.5 Å². The number of para-hydroxylation sites is 1. The van der Waals surface area contributed by atoms with Crippen molar-refractivity contribution in [1.82, 2.24) is 20.5 Å². The number of aliphatic imine (C=N–C) groups is 1. The smallest absolute Gasteiger partial charge is 0.190 e. The number of ether oxygens (including phenoxy) is 1. The molecule has 1 saturated heterocycles. The Hall–Kier alpha value is -2.05. The molecule has 1 aromatic carbocycles. The third kappa shape index (κ3) is 5.22. The number of hydrogen-bond donors (Lipinski definition) is 3. The molecule has 2 aromatic rings. The number of aromatic amines is 1. The van der Waals surface area contributed by atoms with Gasteiger partial charge in [-0.2, -0.15) is 0 Å². The van der Waals surface area contributed by atoms with Gasteiger partial charge in [-0.1, -0.05) is 25.1 Å². The molecular weight excluding hydrogens is 326 g/mol. The molecule has 1 aliphatic heterocycles. The molecule has 142 valence electrons. The lowest BCUT2D eigenvalue weighted by Gasteiger charge is -2.29. The molecule has 0 amide bonds. The zero-order chi connectivity index (χ0) is 18.2. The summed E-state index contributed by atoms with van der Waals surface area (Å²) in [5.41, 5.74) is 2.53. The first-order valence-corrected chi connectivity index (χ1v) is 9.56. The fraction of sp³-hybridized carbons (Fsp3) is 0.550. The zero-order valence-electron chi connectivity index (χ0n) is 15.9. The van der Waals surface area contributed by atoms with Crippen LogP contribution >= 0.6 is 0 Å². The Morgan fingerprint density at radius 1 is 1.27 bits per heavy atom. The molecule has 0 spiro atoms. The predicted molar refractivity (Wildman–Crippen MR) is 108 cm³/mol. The fourth-order valence-electron chi connectivity index (χ4n) is 3.43. The Labute approximate surface area is 156 Å². The highest BCUT2D eigenvalue weighted by molar-refractivity contribution is 5.83. The number of aromatic nitrogens is 1. The first-order chi connectivity index (χ1) is 12.8. The first-order valence-electron chi connectivity index (χ1n) is 9.56. The zero-order valence-corrected chi connectivity index (χ0v) is 15.9. The lowest BCUT2D eigenvalue weighted by atomic mass is 10.1. The predicted octanol–water partition coefficient (Wildman–Crippen LogP) is 1.84. The number of fused-ring (bicyclic) bond motifs is 1. The topological polar surface area (TPSA) is 64.7 Å². The SMILES string of the molecule is CN=C(NCCc1c[nH]c2ccccc12)NCC(C)CN1CCOCC1. The molecule has 2 heterocycles. The second-order valence-electron chi connectivity index (χ2n) is 7.01. The molecule has 1 fully saturated rings. The van der Waals surface area contributed by atoms with Crippen molar-refractivity contribution in [3.8, 4) is 0 Å². The molecule has 1 aliphatic rings. The van der Waals surface area contributed by atoms with Crippen molar-refractivity contribution in [1.29, 1.82) is 0 Å². The molecule has 3 N–H and O–H groups in total. The van der Waals surface area contributed by atoms with E-state index in [2.05, 4.69) is 62.9 Å². The summed E-state index contributed by atoms with van der Waals surface area (Å²) in [7, 11) is 1.83. The van der Waals surface area contributed by atoms with E-state index in [0.717, 1.165) is 58.3 Å². The van der Waals surface area contributed by atoms with Gasteiger partial charge in [0.1, 0.15) is 0 Å². The molecule has 1 unspecified atom stereocenters. The molecule has 3 rings (SSSR count). The molecule has 0 aliphatic carbocycles. The van der Waals surface area contributed by atoms with Gasteiger partial charge in [0.2, 0.25) is 0 Å². The summed E-state index contributed by atoms with van der Waals surface area (Å²) < 4.78 is 5.41. The van der Waals surface area contributed by atoms with E-state index in [9.17, 15) is 0 Å². The standard InChI is InChI=1S/C20H31N5O/c1-16(15-25-9-11-26-12-10-25)13-24-20(21-2)22-8-7-17-14-23-19-6-4-3-5-18(17)19/h3-6,14,16,23H,7-13,15H2,1-2H3,(H2,21,22,24). The van der Waals surface area contributed by atoms with E-state index in [1.165, 1.54) is 16.5 Å². The van der Waals surface area contributed by atoms with Crippen molar-refractivity contribution in [2.24, 2.45) is 10.9 Å². The van der Waals surface area contributed by atoms with Crippen LogP contribution in [-0.4, -0.2) is 68.8 Å². The molecule has 1 aromatic heterocycles. The highest BCUT2D eigenvalue weighted by atomic mass is 16.5. The van der Waals surface area contributed by atoms with Gasteiger partial charge < -0.3 is 20.4 Å². The molecule has 6 nitrogen and oxygen atoms in total. The van der Waals surface area contributed by atoms with E-state index in [0.29, 0.717) is 5.92 Å². The van der Waals surface area contributed by atoms with Crippen molar-refractivity contribution in [3.05, 3.63) is 36.0 Å². The van der Waals surface area contributed by atoms with Gasteiger partial charge >= 0.3 is 0 Å². The minimum absolute atomic E-state index is 0.570. The minimum atomic E-state index is 0.570. The molecule has 0 saturated carbocycles. The summed E-state index contributed by atoms with van der Waals surface area (Å²) in [6.45, 7) is 8.96. The van der Waals surface area contributed by atoms with Gasteiger partial charge in [0, 0.05) is 56.9 Å². The number of morpholine rings is 1. The van der Waals surface area contributed by atoms with Crippen LogP contribution in [0.1, 0.15) is 12.5 Å². The second-order valence-corrected chi connectivity index (χ2v) is 7.01. The van der Waals surface area contributed by atoms with E-state index in [4.69, 9.17) is 4.74 Å². The molecule has 0 radical (unpaired) electrons. The van der Waals surface area contributed by atoms with E-state index >= 15 is 0 Å². The molecule has 1 atom stereocenters. The van der Waals surface area contributed by atoms with Crippen molar-refractivity contribution >= 4 is 16.9 Å². The summed E-state index contributed by atoms with van der Waals surface area (Å²) in [5, 5.41) is 8.17. The van der Waals surface area contributed by atoms with Crippen molar-refractivity contribution in [2.75, 3.05) is 53.0 Å². The number of rotatable bonds is 7. The maximum absolute atomic E-state index is 5.41. The molecular formula is C20H31N5O. The fourth-order valence-corrected chi connectivity index (χ4v) is 3.43. The Kier molecular flexibility index (Phi) is 6.91. The van der Waals surface area contributed by atoms with Crippen LogP contribution in [0.5, 0.6) is 0 Å². The van der Waals surface area contributed by atoms with Gasteiger partial charge in [0.05, 0.1) is 13.2 Å². The van der Waals surface area contributed by atoms with Crippen LogP contribution in [0.4, 0.5) is 0 Å². The van der Waals surface area contributed by atoms with Crippen LogP contribution in [0, 0.1) is 5.92 Å². The van der Waals surface area contributed by atoms with Crippen LogP contribution in [0.2, 0.25) is 0 Å². The summed E-state index contributed by atoms with van der Waals surface area (Å²) in [5.74, 6) is 1.44. The lowest BCUT2D eigenvalue weighted by Crippen LogP contribution is -2.44. The van der Waals surface area contributed by atoms with E-state index in [-0.39, 0.29) is 0 Å². The summed E-state index contributed by atoms with van der Waals surface area (Å²) >= 11 is 0. The van der Waals surface area contributed by atoms with Crippen molar-refractivity contribution in [3.63, 3.8) is 0 Å². The van der Waals surface area contributed by atoms with Gasteiger partial charge in [-0.3, -0.25) is 9.89 Å². The average molecular weight is 358 g/mol. The van der Waals surface area contributed by atoms with Crippen LogP contribution in [0.25, 0.3) is 10.9 Å². The van der Waals surface area contributed by atoms with Crippen molar-refractivity contribution < 1.29 is 4.74 Å². The average Bonchev–Trinajstić information content (AvgIpc) is 3.08. The first kappa shape index (κ1) is 18.7. The number of nitrogens with zero attached hydrogens (tertiary/aromatic N) is 2. The number of benzene rings is 1. The lowest BCUT2D eigenvalue weighted by molar-refractivity contribution is 0.0320. The number of nitrogens with one attached hydrogen (secondary N) is 3. The van der Waals surface area contributed by atoms with Gasteiger partial charge in [-0.25, -0.2) is 0 Å².